The van der Waals surface area contributed by atoms with E-state index in [2.05, 4.69) is 16.0 Å². The van der Waals surface area contributed by atoms with Gasteiger partial charge in [-0.2, -0.15) is 0 Å². The fourth-order valence-corrected chi connectivity index (χ4v) is 6.86. The van der Waals surface area contributed by atoms with Crippen molar-refractivity contribution >= 4 is 33.2 Å². The molecule has 8 nitrogen and oxygen atoms in total. The van der Waals surface area contributed by atoms with E-state index in [1.165, 1.54) is 17.4 Å². The van der Waals surface area contributed by atoms with E-state index < -0.39 is 5.82 Å². The molecule has 0 unspecified atom stereocenters. The second-order valence-electron chi connectivity index (χ2n) is 12.0. The zero-order valence-electron chi connectivity index (χ0n) is 24.9. The van der Waals surface area contributed by atoms with Crippen LogP contribution in [0.2, 0.25) is 0 Å². The molecule has 1 amide bonds. The molecule has 0 spiro atoms. The normalized spacial score (nSPS) is 17.1. The molecular weight excluding hydrogens is 579 g/mol. The number of ketones is 1. The van der Waals surface area contributed by atoms with Gasteiger partial charge in [0.15, 0.2) is 11.6 Å². The highest BCUT2D eigenvalue weighted by Crippen LogP contribution is 2.39. The third kappa shape index (κ3) is 7.31. The standard InChI is InChI=1S/C34H37FN4O4S/c1-38(13-14-40)34(42)25-3-2-12-39(21-25)20-24-6-8-28(37-19-24)32-18-29-33(44-32)31(10-11-36-29)43-30-9-7-23(17-27(30)35)16-26(41)15-22-4-5-22/h6-11,17-19,22,25,40H,2-5,12-16,20-21H2,1H3/t25-/m1/s1. The number of aliphatic hydroxyl groups is 1. The summed E-state index contributed by atoms with van der Waals surface area (Å²) in [5, 5.41) is 9.17. The summed E-state index contributed by atoms with van der Waals surface area (Å²) in [5.41, 5.74) is 3.28. The number of aliphatic hydroxyl groups excluding tert-OH is 1. The van der Waals surface area contributed by atoms with Gasteiger partial charge in [0.2, 0.25) is 5.91 Å². The molecule has 1 aliphatic heterocycles. The largest absolute Gasteiger partial charge is 0.453 e. The molecular formula is C34H37FN4O4S. The summed E-state index contributed by atoms with van der Waals surface area (Å²) >= 11 is 1.49. The minimum atomic E-state index is -0.498. The van der Waals surface area contributed by atoms with Gasteiger partial charge >= 0.3 is 0 Å². The van der Waals surface area contributed by atoms with Crippen LogP contribution in [0.1, 0.15) is 43.2 Å². The lowest BCUT2D eigenvalue weighted by Crippen LogP contribution is -2.44. The first-order chi connectivity index (χ1) is 21.4. The Morgan fingerprint density at radius 1 is 1.09 bits per heavy atom. The van der Waals surface area contributed by atoms with Crippen LogP contribution >= 0.6 is 11.3 Å². The molecule has 6 rings (SSSR count). The van der Waals surface area contributed by atoms with Crippen LogP contribution < -0.4 is 4.74 Å². The lowest BCUT2D eigenvalue weighted by Gasteiger charge is -2.33. The van der Waals surface area contributed by atoms with E-state index in [0.717, 1.165) is 58.6 Å². The third-order valence-corrected chi connectivity index (χ3v) is 9.52. The number of carbonyl (C=O) groups excluding carboxylic acids is 2. The van der Waals surface area contributed by atoms with Gasteiger partial charge in [-0.05, 0) is 73.5 Å². The van der Waals surface area contributed by atoms with Crippen LogP contribution in [0.15, 0.2) is 54.9 Å². The number of likely N-dealkylation sites (tertiary alicyclic amines) is 1. The highest BCUT2D eigenvalue weighted by atomic mass is 32.1. The quantitative estimate of drug-likeness (QED) is 0.213. The van der Waals surface area contributed by atoms with Crippen LogP contribution in [-0.4, -0.2) is 69.9 Å². The average molecular weight is 617 g/mol. The topological polar surface area (TPSA) is 95.9 Å². The first kappa shape index (κ1) is 30.3. The van der Waals surface area contributed by atoms with Crippen molar-refractivity contribution < 1.29 is 23.8 Å². The van der Waals surface area contributed by atoms with Crippen molar-refractivity contribution in [3.63, 3.8) is 0 Å². The van der Waals surface area contributed by atoms with Crippen molar-refractivity contribution in [1.29, 1.82) is 0 Å². The monoisotopic (exact) mass is 616 g/mol. The number of benzene rings is 1. The van der Waals surface area contributed by atoms with Gasteiger partial charge in [-0.25, -0.2) is 4.39 Å². The van der Waals surface area contributed by atoms with Crippen molar-refractivity contribution in [2.75, 3.05) is 33.3 Å². The van der Waals surface area contributed by atoms with E-state index >= 15 is 0 Å². The number of nitrogens with zero attached hydrogens (tertiary/aromatic N) is 4. The van der Waals surface area contributed by atoms with Gasteiger partial charge in [-0.15, -0.1) is 11.3 Å². The van der Waals surface area contributed by atoms with Gasteiger partial charge in [0.05, 0.1) is 33.3 Å². The van der Waals surface area contributed by atoms with E-state index in [9.17, 15) is 14.0 Å². The molecule has 3 aromatic heterocycles. The molecule has 2 fully saturated rings. The maximum Gasteiger partial charge on any atom is 0.226 e. The van der Waals surface area contributed by atoms with E-state index in [0.29, 0.717) is 43.3 Å². The number of rotatable bonds is 12. The number of aromatic nitrogens is 2. The number of halogens is 1. The van der Waals surface area contributed by atoms with Gasteiger partial charge in [0.1, 0.15) is 11.5 Å². The first-order valence-electron chi connectivity index (χ1n) is 15.3. The number of hydrogen-bond acceptors (Lipinski definition) is 8. The predicted octanol–water partition coefficient (Wildman–Crippen LogP) is 5.86. The molecule has 2 aliphatic rings. The molecule has 1 saturated carbocycles. The van der Waals surface area contributed by atoms with Gasteiger partial charge < -0.3 is 14.7 Å². The fraction of sp³-hybridized carbons (Fsp3) is 0.412. The Bertz CT molecular complexity index is 1640. The summed E-state index contributed by atoms with van der Waals surface area (Å²) in [4.78, 5) is 39.0. The summed E-state index contributed by atoms with van der Waals surface area (Å²) in [7, 11) is 1.75. The Labute approximate surface area is 260 Å². The highest BCUT2D eigenvalue weighted by molar-refractivity contribution is 7.22. The molecule has 230 valence electrons. The number of Topliss-reactive ketones (excluding diaryl/α,β-unsaturated/α-hetero) is 1. The van der Waals surface area contributed by atoms with Crippen LogP contribution in [0.4, 0.5) is 4.39 Å². The number of fused-ring (bicyclic) bond motifs is 1. The Hall–Kier alpha value is -3.73. The molecule has 4 aromatic rings. The van der Waals surface area contributed by atoms with Crippen LogP contribution in [0.3, 0.4) is 0 Å². The zero-order chi connectivity index (χ0) is 30.6. The van der Waals surface area contributed by atoms with E-state index in [1.807, 2.05) is 18.3 Å². The first-order valence-corrected chi connectivity index (χ1v) is 16.1. The predicted molar refractivity (Wildman–Crippen MR) is 168 cm³/mol. The van der Waals surface area contributed by atoms with Crippen molar-refractivity contribution in [1.82, 2.24) is 19.8 Å². The molecule has 0 radical (unpaired) electrons. The van der Waals surface area contributed by atoms with Crippen molar-refractivity contribution in [2.24, 2.45) is 11.8 Å². The zero-order valence-corrected chi connectivity index (χ0v) is 25.7. The summed E-state index contributed by atoms with van der Waals surface area (Å²) in [5.74, 6) is 0.830. The molecule has 0 bridgehead atoms. The summed E-state index contributed by atoms with van der Waals surface area (Å²) in [6.45, 7) is 2.67. The molecule has 10 heteroatoms. The highest BCUT2D eigenvalue weighted by Gasteiger charge is 2.28. The Morgan fingerprint density at radius 2 is 1.93 bits per heavy atom. The van der Waals surface area contributed by atoms with Gasteiger partial charge in [0, 0.05) is 58.0 Å². The lowest BCUT2D eigenvalue weighted by atomic mass is 9.96. The van der Waals surface area contributed by atoms with Crippen molar-refractivity contribution in [3.8, 4) is 22.1 Å². The third-order valence-electron chi connectivity index (χ3n) is 8.36. The van der Waals surface area contributed by atoms with E-state index in [4.69, 9.17) is 14.8 Å². The molecule has 1 saturated heterocycles. The van der Waals surface area contributed by atoms with Crippen LogP contribution in [0.25, 0.3) is 20.8 Å². The number of carbonyl (C=O) groups is 2. The molecule has 1 N–H and O–H groups in total. The van der Waals surface area contributed by atoms with Crippen LogP contribution in [0.5, 0.6) is 11.5 Å². The van der Waals surface area contributed by atoms with Crippen molar-refractivity contribution in [2.45, 2.75) is 45.1 Å². The van der Waals surface area contributed by atoms with E-state index in [1.54, 1.807) is 36.3 Å². The Balaban J connectivity index is 1.11. The molecule has 1 atom stereocenters. The fourth-order valence-electron chi connectivity index (χ4n) is 5.82. The van der Waals surface area contributed by atoms with E-state index in [-0.39, 0.29) is 36.4 Å². The Morgan fingerprint density at radius 3 is 2.68 bits per heavy atom. The molecule has 4 heterocycles. The number of ether oxygens (including phenoxy) is 1. The van der Waals surface area contributed by atoms with Crippen LogP contribution in [0, 0.1) is 17.7 Å². The maximum absolute atomic E-state index is 15.0. The minimum absolute atomic E-state index is 0.0302. The SMILES string of the molecule is CN(CCO)C(=O)[C@@H]1CCCN(Cc2ccc(-c3cc4nccc(Oc5ccc(CC(=O)CC6CC6)cc5F)c4s3)nc2)C1. The second-order valence-corrected chi connectivity index (χ2v) is 13.0. The second kappa shape index (κ2) is 13.5. The number of amides is 1. The van der Waals surface area contributed by atoms with Crippen molar-refractivity contribution in [3.05, 3.63) is 71.8 Å². The molecule has 1 aliphatic carbocycles. The smallest absolute Gasteiger partial charge is 0.226 e. The average Bonchev–Trinajstić information content (AvgIpc) is 3.72. The minimum Gasteiger partial charge on any atom is -0.453 e. The number of hydrogen-bond donors (Lipinski definition) is 1. The van der Waals surface area contributed by atoms with Gasteiger partial charge in [-0.1, -0.05) is 12.1 Å². The number of thiophene rings is 1. The summed E-state index contributed by atoms with van der Waals surface area (Å²) < 4.78 is 21.8. The molecule has 44 heavy (non-hydrogen) atoms. The lowest BCUT2D eigenvalue weighted by molar-refractivity contribution is -0.136. The number of pyridine rings is 2. The number of piperidine rings is 1. The maximum atomic E-state index is 15.0. The summed E-state index contributed by atoms with van der Waals surface area (Å²) in [6.07, 6.45) is 8.41. The Kier molecular flexibility index (Phi) is 9.30. The molecule has 1 aromatic carbocycles. The van der Waals surface area contributed by atoms with Gasteiger partial charge in [0.25, 0.3) is 0 Å². The summed E-state index contributed by atoms with van der Waals surface area (Å²) in [6, 6.07) is 12.5. The van der Waals surface area contributed by atoms with Crippen LogP contribution in [-0.2, 0) is 22.6 Å². The number of likely N-dealkylation sites (N-methyl/N-ethyl adjacent to an activating group) is 1. The van der Waals surface area contributed by atoms with Gasteiger partial charge in [-0.3, -0.25) is 24.5 Å².